The number of rotatable bonds is 6. The lowest BCUT2D eigenvalue weighted by molar-refractivity contribution is -0.227. The molecule has 180 valence electrons. The first-order valence-electron chi connectivity index (χ1n) is 11.5. The first-order valence-corrected chi connectivity index (χ1v) is 11.5. The number of ether oxygens (including phenoxy) is 1. The second-order valence-corrected chi connectivity index (χ2v) is 10.1. The van der Waals surface area contributed by atoms with Crippen LogP contribution in [0.4, 0.5) is 8.78 Å². The molecule has 0 N–H and O–H groups in total. The van der Waals surface area contributed by atoms with Crippen molar-refractivity contribution in [3.8, 4) is 17.3 Å². The average molecular weight is 479 g/mol. The molecule has 0 radical (unpaired) electrons. The van der Waals surface area contributed by atoms with Crippen LogP contribution in [0, 0.1) is 29.4 Å². The van der Waals surface area contributed by atoms with E-state index in [1.807, 2.05) is 17.8 Å². The Kier molecular flexibility index (Phi) is 4.77. The number of hydrogen-bond acceptors (Lipinski definition) is 6. The molecule has 2 bridgehead atoms. The van der Waals surface area contributed by atoms with Crippen molar-refractivity contribution >= 4 is 12.1 Å². The monoisotopic (exact) mass is 478 g/mol. The van der Waals surface area contributed by atoms with Gasteiger partial charge in [0.05, 0.1) is 36.8 Å². The van der Waals surface area contributed by atoms with Gasteiger partial charge in [0, 0.05) is 36.9 Å². The zero-order valence-electron chi connectivity index (χ0n) is 19.4. The van der Waals surface area contributed by atoms with Gasteiger partial charge in [-0.15, -0.1) is 0 Å². The van der Waals surface area contributed by atoms with Crippen molar-refractivity contribution in [2.75, 3.05) is 6.61 Å². The summed E-state index contributed by atoms with van der Waals surface area (Å²) in [7, 11) is 1.89. The minimum atomic E-state index is -0.619. The van der Waals surface area contributed by atoms with Crippen LogP contribution in [0.15, 0.2) is 42.2 Å². The zero-order chi connectivity index (χ0) is 24.4. The van der Waals surface area contributed by atoms with Crippen LogP contribution in [-0.2, 0) is 11.8 Å². The number of hydrazone groups is 1. The van der Waals surface area contributed by atoms with E-state index >= 15 is 0 Å². The second-order valence-electron chi connectivity index (χ2n) is 10.1. The minimum Gasteiger partial charge on any atom is -0.476 e. The number of aryl methyl sites for hydroxylation is 2. The molecule has 1 unspecified atom stereocenters. The molecule has 3 fully saturated rings. The number of hydrogen-bond donors (Lipinski definition) is 0. The summed E-state index contributed by atoms with van der Waals surface area (Å²) in [6.45, 7) is 1.96. The van der Waals surface area contributed by atoms with Gasteiger partial charge in [0.25, 0.3) is 0 Å². The fraction of sp³-hybridized carbons (Fsp3) is 0.400. The molecule has 1 amide bonds. The van der Waals surface area contributed by atoms with Gasteiger partial charge in [-0.25, -0.2) is 28.7 Å². The Morgan fingerprint density at radius 3 is 2.60 bits per heavy atom. The molecular formula is C25H24F2N6O2. The average Bonchev–Trinajstić information content (AvgIpc) is 3.44. The Labute approximate surface area is 200 Å². The number of benzene rings is 1. The number of nitrogens with zero attached hydrogens (tertiary/aromatic N) is 6. The van der Waals surface area contributed by atoms with Gasteiger partial charge < -0.3 is 9.30 Å². The highest BCUT2D eigenvalue weighted by Gasteiger charge is 2.73. The van der Waals surface area contributed by atoms with Gasteiger partial charge in [-0.1, -0.05) is 0 Å². The predicted octanol–water partition coefficient (Wildman–Crippen LogP) is 3.97. The summed E-state index contributed by atoms with van der Waals surface area (Å²) in [5.41, 5.74) is 1.23. The molecule has 35 heavy (non-hydrogen) atoms. The van der Waals surface area contributed by atoms with Crippen LogP contribution in [-0.4, -0.2) is 43.3 Å². The van der Waals surface area contributed by atoms with Crippen molar-refractivity contribution in [1.29, 1.82) is 0 Å². The van der Waals surface area contributed by atoms with E-state index < -0.39 is 23.1 Å². The van der Waals surface area contributed by atoms with Gasteiger partial charge >= 0.3 is 0 Å². The number of carbonyl (C=O) groups excluding carboxylic acids is 1. The Bertz CT molecular complexity index is 1330. The maximum Gasteiger partial charge on any atom is 0.249 e. The summed E-state index contributed by atoms with van der Waals surface area (Å²) in [5.74, 6) is -0.706. The molecule has 0 spiro atoms. The summed E-state index contributed by atoms with van der Waals surface area (Å²) in [5, 5.41) is 5.57. The fourth-order valence-corrected chi connectivity index (χ4v) is 5.70. The van der Waals surface area contributed by atoms with Crippen molar-refractivity contribution in [3.63, 3.8) is 0 Å². The Morgan fingerprint density at radius 2 is 1.91 bits per heavy atom. The molecule has 1 atom stereocenters. The van der Waals surface area contributed by atoms with Crippen molar-refractivity contribution in [1.82, 2.24) is 24.5 Å². The first-order chi connectivity index (χ1) is 16.8. The van der Waals surface area contributed by atoms with Gasteiger partial charge in [-0.2, -0.15) is 5.10 Å². The summed E-state index contributed by atoms with van der Waals surface area (Å²) >= 11 is 0. The van der Waals surface area contributed by atoms with E-state index in [2.05, 4.69) is 20.1 Å². The molecule has 2 aromatic heterocycles. The highest BCUT2D eigenvalue weighted by Crippen LogP contribution is 2.74. The third-order valence-corrected chi connectivity index (χ3v) is 7.39. The van der Waals surface area contributed by atoms with Crippen molar-refractivity contribution in [2.45, 2.75) is 38.6 Å². The number of halogens is 2. The lowest BCUT2D eigenvalue weighted by Crippen LogP contribution is -2.69. The van der Waals surface area contributed by atoms with Crippen LogP contribution >= 0.6 is 0 Å². The zero-order valence-corrected chi connectivity index (χ0v) is 19.4. The van der Waals surface area contributed by atoms with E-state index in [1.165, 1.54) is 24.1 Å². The van der Waals surface area contributed by atoms with E-state index in [1.54, 1.807) is 24.9 Å². The van der Waals surface area contributed by atoms with Gasteiger partial charge in [-0.3, -0.25) is 4.79 Å². The van der Waals surface area contributed by atoms with Crippen LogP contribution in [0.1, 0.15) is 42.9 Å². The highest BCUT2D eigenvalue weighted by atomic mass is 19.1. The lowest BCUT2D eigenvalue weighted by Gasteiger charge is -2.69. The first kappa shape index (κ1) is 21.8. The Balaban J connectivity index is 1.07. The largest absolute Gasteiger partial charge is 0.476 e. The van der Waals surface area contributed by atoms with E-state index in [0.717, 1.165) is 5.69 Å². The maximum absolute atomic E-state index is 14.6. The Morgan fingerprint density at radius 1 is 1.11 bits per heavy atom. The third-order valence-electron chi connectivity index (χ3n) is 7.39. The quantitative estimate of drug-likeness (QED) is 0.535. The maximum atomic E-state index is 14.6. The summed E-state index contributed by atoms with van der Waals surface area (Å²) in [4.78, 5) is 26.3. The summed E-state index contributed by atoms with van der Waals surface area (Å²) in [6, 6.07) is 1.73. The molecule has 3 aromatic rings. The summed E-state index contributed by atoms with van der Waals surface area (Å²) < 4.78 is 36.4. The van der Waals surface area contributed by atoms with Crippen LogP contribution < -0.4 is 4.74 Å². The number of imidazole rings is 1. The van der Waals surface area contributed by atoms with Crippen LogP contribution in [0.25, 0.3) is 11.4 Å². The number of carbonyl (C=O) groups is 1. The topological polar surface area (TPSA) is 85.5 Å². The van der Waals surface area contributed by atoms with E-state index in [0.29, 0.717) is 43.9 Å². The van der Waals surface area contributed by atoms with Crippen molar-refractivity contribution in [2.24, 2.45) is 23.0 Å². The van der Waals surface area contributed by atoms with Gasteiger partial charge in [0.2, 0.25) is 11.8 Å². The Hall–Kier alpha value is -3.69. The number of aromatic nitrogens is 4. The molecule has 3 aliphatic carbocycles. The van der Waals surface area contributed by atoms with E-state index in [4.69, 9.17) is 4.74 Å². The minimum absolute atomic E-state index is 0.0723. The molecule has 3 heterocycles. The standard InChI is InChI=1S/C25H24F2N6O2/c1-15-5-18(27)16(6-17(15)26)21-3-4-31-33(21)23(34)25-10-24(11-25,12-25)13-35-22-8-28-19(7-29-22)20-9-32(2)14-30-20/h4-9,14,21H,3,10-13H2,1-2H3. The van der Waals surface area contributed by atoms with Crippen LogP contribution in [0.2, 0.25) is 0 Å². The normalized spacial score (nSPS) is 26.4. The second kappa shape index (κ2) is 7.66. The molecule has 1 aliphatic heterocycles. The molecular weight excluding hydrogens is 454 g/mol. The summed E-state index contributed by atoms with van der Waals surface area (Å²) in [6.07, 6.45) is 10.8. The molecule has 0 saturated heterocycles. The highest BCUT2D eigenvalue weighted by molar-refractivity contribution is 5.88. The molecule has 10 heteroatoms. The van der Waals surface area contributed by atoms with Crippen molar-refractivity contribution < 1.29 is 18.3 Å². The van der Waals surface area contributed by atoms with Gasteiger partial charge in [0.1, 0.15) is 23.0 Å². The molecule has 4 aliphatic rings. The lowest BCUT2D eigenvalue weighted by atomic mass is 9.35. The van der Waals surface area contributed by atoms with Gasteiger partial charge in [0.15, 0.2) is 0 Å². The smallest absolute Gasteiger partial charge is 0.249 e. The van der Waals surface area contributed by atoms with E-state index in [-0.39, 0.29) is 22.4 Å². The van der Waals surface area contributed by atoms with E-state index in [9.17, 15) is 13.6 Å². The van der Waals surface area contributed by atoms with Gasteiger partial charge in [-0.05, 0) is 43.9 Å². The van der Waals surface area contributed by atoms with Crippen LogP contribution in [0.5, 0.6) is 5.88 Å². The van der Waals surface area contributed by atoms with Crippen molar-refractivity contribution in [3.05, 3.63) is 59.8 Å². The van der Waals surface area contributed by atoms with Crippen LogP contribution in [0.3, 0.4) is 0 Å². The third kappa shape index (κ3) is 3.50. The fourth-order valence-electron chi connectivity index (χ4n) is 5.70. The predicted molar refractivity (Wildman–Crippen MR) is 122 cm³/mol. The number of amides is 1. The molecule has 3 saturated carbocycles. The molecule has 7 rings (SSSR count). The molecule has 8 nitrogen and oxygen atoms in total. The molecule has 1 aromatic carbocycles. The SMILES string of the molecule is Cc1cc(F)c(C2CC=NN2C(=O)C23CC(COc4cnc(-c5cn(C)cn5)cn4)(C2)C3)cc1F.